The van der Waals surface area contributed by atoms with E-state index in [2.05, 4.69) is 21.9 Å². The minimum Gasteiger partial charge on any atom is -0.449 e. The van der Waals surface area contributed by atoms with Gasteiger partial charge in [0.05, 0.1) is 11.3 Å². The van der Waals surface area contributed by atoms with E-state index in [9.17, 15) is 9.59 Å². The number of nitrogens with one attached hydrogen (secondary N) is 1. The van der Waals surface area contributed by atoms with E-state index in [1.165, 1.54) is 12.1 Å². The van der Waals surface area contributed by atoms with E-state index in [4.69, 9.17) is 17.6 Å². The van der Waals surface area contributed by atoms with Gasteiger partial charge in [0.15, 0.2) is 13.2 Å². The molecule has 0 saturated carbocycles. The maximum atomic E-state index is 11.7. The third kappa shape index (κ3) is 4.45. The maximum absolute atomic E-state index is 11.7. The number of carbonyl (C=O) groups is 2. The lowest BCUT2D eigenvalue weighted by Gasteiger charge is -2.09. The fourth-order valence-corrected chi connectivity index (χ4v) is 1.21. The Hall–Kier alpha value is -2.92. The number of anilines is 1. The van der Waals surface area contributed by atoms with Gasteiger partial charge in [-0.25, -0.2) is 9.59 Å². The molecule has 19 heavy (non-hydrogen) atoms. The SMILES string of the molecule is C#CCOC(=O)Nc1ccccc1C(=O)OCC#C. The van der Waals surface area contributed by atoms with E-state index in [0.29, 0.717) is 0 Å². The number of para-hydroxylation sites is 1. The fraction of sp³-hybridized carbons (Fsp3) is 0.143. The van der Waals surface area contributed by atoms with Crippen molar-refractivity contribution in [2.45, 2.75) is 0 Å². The lowest BCUT2D eigenvalue weighted by atomic mass is 10.2. The standard InChI is InChI=1S/C14H11NO4/c1-3-9-18-13(16)11-7-5-6-8-12(11)15-14(17)19-10-4-2/h1-2,5-8H,9-10H2,(H,15,17). The first-order valence-electron chi connectivity index (χ1n) is 5.26. The van der Waals surface area contributed by atoms with Gasteiger partial charge in [0.2, 0.25) is 0 Å². The molecule has 0 unspecified atom stereocenters. The summed E-state index contributed by atoms with van der Waals surface area (Å²) in [5.41, 5.74) is 0.432. The molecule has 96 valence electrons. The summed E-state index contributed by atoms with van der Waals surface area (Å²) in [5, 5.41) is 2.39. The molecule has 0 spiro atoms. The van der Waals surface area contributed by atoms with Crippen molar-refractivity contribution >= 4 is 17.7 Å². The third-order valence-corrected chi connectivity index (χ3v) is 1.96. The van der Waals surface area contributed by atoms with Gasteiger partial charge in [-0.3, -0.25) is 5.32 Å². The second-order valence-electron chi connectivity index (χ2n) is 3.23. The first-order valence-corrected chi connectivity index (χ1v) is 5.26. The number of ether oxygens (including phenoxy) is 2. The Balaban J connectivity index is 2.79. The number of hydrogen-bond acceptors (Lipinski definition) is 4. The topological polar surface area (TPSA) is 64.6 Å². The lowest BCUT2D eigenvalue weighted by Crippen LogP contribution is -2.17. The molecule has 0 aromatic heterocycles. The summed E-state index contributed by atoms with van der Waals surface area (Å²) in [4.78, 5) is 23.0. The van der Waals surface area contributed by atoms with E-state index in [0.717, 1.165) is 0 Å². The summed E-state index contributed by atoms with van der Waals surface area (Å²) >= 11 is 0. The number of hydrogen-bond donors (Lipinski definition) is 1. The molecule has 1 N–H and O–H groups in total. The predicted molar refractivity (Wildman–Crippen MR) is 69.4 cm³/mol. The number of terminal acetylenes is 2. The van der Waals surface area contributed by atoms with Gasteiger partial charge in [-0.15, -0.1) is 12.8 Å². The molecule has 1 aromatic rings. The van der Waals surface area contributed by atoms with Gasteiger partial charge in [-0.1, -0.05) is 24.0 Å². The summed E-state index contributed by atoms with van der Waals surface area (Å²) < 4.78 is 9.42. The number of rotatable bonds is 4. The van der Waals surface area contributed by atoms with Crippen LogP contribution in [0.2, 0.25) is 0 Å². The van der Waals surface area contributed by atoms with Gasteiger partial charge in [-0.05, 0) is 12.1 Å². The van der Waals surface area contributed by atoms with Crippen LogP contribution in [0.4, 0.5) is 10.5 Å². The molecule has 5 heteroatoms. The first-order chi connectivity index (χ1) is 9.19. The Bertz CT molecular complexity index is 551. The van der Waals surface area contributed by atoms with Crippen LogP contribution in [0, 0.1) is 24.7 Å². The molecule has 1 rings (SSSR count). The number of esters is 1. The van der Waals surface area contributed by atoms with Gasteiger partial charge < -0.3 is 9.47 Å². The molecular weight excluding hydrogens is 246 g/mol. The molecule has 0 aliphatic heterocycles. The van der Waals surface area contributed by atoms with Crippen LogP contribution in [0.25, 0.3) is 0 Å². The van der Waals surface area contributed by atoms with Gasteiger partial charge in [-0.2, -0.15) is 0 Å². The van der Waals surface area contributed by atoms with Crippen LogP contribution in [-0.4, -0.2) is 25.3 Å². The van der Waals surface area contributed by atoms with Gasteiger partial charge in [0.25, 0.3) is 0 Å². The molecule has 0 aliphatic rings. The Kier molecular flexibility index (Phi) is 5.52. The van der Waals surface area contributed by atoms with Gasteiger partial charge in [0, 0.05) is 0 Å². The van der Waals surface area contributed by atoms with Crippen molar-refractivity contribution in [1.29, 1.82) is 0 Å². The molecular formula is C14H11NO4. The van der Waals surface area contributed by atoms with Crippen LogP contribution in [0.5, 0.6) is 0 Å². The van der Waals surface area contributed by atoms with Gasteiger partial charge >= 0.3 is 12.1 Å². The highest BCUT2D eigenvalue weighted by Crippen LogP contribution is 2.16. The van der Waals surface area contributed by atoms with E-state index in [1.54, 1.807) is 12.1 Å². The summed E-state index contributed by atoms with van der Waals surface area (Å²) in [6.07, 6.45) is 9.19. The van der Waals surface area contributed by atoms with Gasteiger partial charge in [0.1, 0.15) is 0 Å². The molecule has 0 saturated heterocycles. The Labute approximate surface area is 110 Å². The van der Waals surface area contributed by atoms with Crippen LogP contribution in [-0.2, 0) is 9.47 Å². The lowest BCUT2D eigenvalue weighted by molar-refractivity contribution is 0.0558. The average Bonchev–Trinajstić information content (AvgIpc) is 2.43. The van der Waals surface area contributed by atoms with E-state index in [-0.39, 0.29) is 24.5 Å². The van der Waals surface area contributed by atoms with Crippen LogP contribution < -0.4 is 5.32 Å². The third-order valence-electron chi connectivity index (χ3n) is 1.96. The molecule has 0 aliphatic carbocycles. The predicted octanol–water partition coefficient (Wildman–Crippen LogP) is 1.66. The van der Waals surface area contributed by atoms with Crippen molar-refractivity contribution in [3.63, 3.8) is 0 Å². The Morgan fingerprint density at radius 1 is 1.11 bits per heavy atom. The summed E-state index contributed by atoms with van der Waals surface area (Å²) in [6, 6.07) is 6.30. The quantitative estimate of drug-likeness (QED) is 0.658. The van der Waals surface area contributed by atoms with Crippen LogP contribution in [0.1, 0.15) is 10.4 Å². The van der Waals surface area contributed by atoms with Crippen molar-refractivity contribution in [2.75, 3.05) is 18.5 Å². The number of benzene rings is 1. The summed E-state index contributed by atoms with van der Waals surface area (Å²) in [7, 11) is 0. The van der Waals surface area contributed by atoms with E-state index >= 15 is 0 Å². The van der Waals surface area contributed by atoms with Crippen LogP contribution >= 0.6 is 0 Å². The molecule has 1 amide bonds. The molecule has 0 atom stereocenters. The molecule has 0 radical (unpaired) electrons. The smallest absolute Gasteiger partial charge is 0.412 e. The zero-order valence-corrected chi connectivity index (χ0v) is 10.0. The first kappa shape index (κ1) is 14.1. The Morgan fingerprint density at radius 2 is 1.74 bits per heavy atom. The Morgan fingerprint density at radius 3 is 2.42 bits per heavy atom. The monoisotopic (exact) mass is 257 g/mol. The second kappa shape index (κ2) is 7.41. The summed E-state index contributed by atoms with van der Waals surface area (Å²) in [5.74, 6) is 3.70. The highest BCUT2D eigenvalue weighted by Gasteiger charge is 2.14. The zero-order valence-electron chi connectivity index (χ0n) is 10.0. The van der Waals surface area contributed by atoms with Crippen molar-refractivity contribution < 1.29 is 19.1 Å². The van der Waals surface area contributed by atoms with Crippen LogP contribution in [0.15, 0.2) is 24.3 Å². The van der Waals surface area contributed by atoms with Crippen molar-refractivity contribution in [3.8, 4) is 24.7 Å². The van der Waals surface area contributed by atoms with Crippen LogP contribution in [0.3, 0.4) is 0 Å². The van der Waals surface area contributed by atoms with Crippen molar-refractivity contribution in [1.82, 2.24) is 0 Å². The zero-order chi connectivity index (χ0) is 14.1. The minimum absolute atomic E-state index is 0.144. The fourth-order valence-electron chi connectivity index (χ4n) is 1.21. The number of carbonyl (C=O) groups excluding carboxylic acids is 2. The maximum Gasteiger partial charge on any atom is 0.412 e. The molecule has 1 aromatic carbocycles. The van der Waals surface area contributed by atoms with Crippen molar-refractivity contribution in [2.24, 2.45) is 0 Å². The summed E-state index contributed by atoms with van der Waals surface area (Å²) in [6.45, 7) is -0.301. The van der Waals surface area contributed by atoms with Crippen molar-refractivity contribution in [3.05, 3.63) is 29.8 Å². The van der Waals surface area contributed by atoms with E-state index in [1.807, 2.05) is 0 Å². The molecule has 5 nitrogen and oxygen atoms in total. The normalized spacial score (nSPS) is 8.74. The second-order valence-corrected chi connectivity index (χ2v) is 3.23. The highest BCUT2D eigenvalue weighted by atomic mass is 16.5. The van der Waals surface area contributed by atoms with E-state index < -0.39 is 12.1 Å². The largest absolute Gasteiger partial charge is 0.449 e. The molecule has 0 fully saturated rings. The molecule has 0 bridgehead atoms. The molecule has 0 heterocycles. The number of amides is 1. The highest BCUT2D eigenvalue weighted by molar-refractivity contribution is 5.99. The average molecular weight is 257 g/mol. The minimum atomic E-state index is -0.754.